The van der Waals surface area contributed by atoms with Crippen LogP contribution in [-0.4, -0.2) is 18.9 Å². The van der Waals surface area contributed by atoms with E-state index in [1.54, 1.807) is 18.2 Å². The molecule has 0 aromatic heterocycles. The van der Waals surface area contributed by atoms with Crippen LogP contribution in [0.1, 0.15) is 21.5 Å². The Hall–Kier alpha value is -2.83. The quantitative estimate of drug-likeness (QED) is 0.874. The van der Waals surface area contributed by atoms with Crippen LogP contribution in [-0.2, 0) is 17.4 Å². The molecule has 3 rings (SSSR count). The molecule has 2 aromatic carbocycles. The number of nitrogens with zero attached hydrogens (tertiary/aromatic N) is 1. The Morgan fingerprint density at radius 3 is 2.58 bits per heavy atom. The number of hydrogen-bond acceptors (Lipinski definition) is 2. The molecule has 1 aliphatic rings. The maximum atomic E-state index is 12.9. The van der Waals surface area contributed by atoms with E-state index >= 15 is 0 Å². The van der Waals surface area contributed by atoms with Crippen molar-refractivity contribution in [2.24, 2.45) is 0 Å². The van der Waals surface area contributed by atoms with Gasteiger partial charge in [-0.3, -0.25) is 9.59 Å². The highest BCUT2D eigenvalue weighted by Gasteiger charge is 2.33. The molecular weight excluding hydrogens is 321 g/mol. The molecule has 0 unspecified atom stereocenters. The first-order valence-corrected chi connectivity index (χ1v) is 7.23. The van der Waals surface area contributed by atoms with Crippen LogP contribution in [0.2, 0.25) is 0 Å². The first kappa shape index (κ1) is 16.0. The van der Waals surface area contributed by atoms with Gasteiger partial charge in [0.2, 0.25) is 6.41 Å². The van der Waals surface area contributed by atoms with Crippen molar-refractivity contribution in [3.05, 3.63) is 59.2 Å². The Kier molecular flexibility index (Phi) is 4.01. The van der Waals surface area contributed by atoms with Crippen LogP contribution in [0.4, 0.5) is 24.5 Å². The second kappa shape index (κ2) is 5.99. The van der Waals surface area contributed by atoms with Crippen molar-refractivity contribution in [3.63, 3.8) is 0 Å². The van der Waals surface area contributed by atoms with Crippen LogP contribution < -0.4 is 10.2 Å². The lowest BCUT2D eigenvalue weighted by atomic mass is 9.96. The fraction of sp³-hybridized carbons (Fsp3) is 0.176. The van der Waals surface area contributed by atoms with Gasteiger partial charge in [-0.25, -0.2) is 0 Å². The number of halogens is 3. The van der Waals surface area contributed by atoms with Crippen LogP contribution >= 0.6 is 0 Å². The molecule has 0 atom stereocenters. The van der Waals surface area contributed by atoms with Gasteiger partial charge in [0.1, 0.15) is 0 Å². The summed E-state index contributed by atoms with van der Waals surface area (Å²) >= 11 is 0. The first-order chi connectivity index (χ1) is 11.4. The number of amides is 2. The van der Waals surface area contributed by atoms with Crippen molar-refractivity contribution in [2.45, 2.75) is 12.6 Å². The molecule has 0 saturated heterocycles. The van der Waals surface area contributed by atoms with Crippen molar-refractivity contribution in [2.75, 3.05) is 16.8 Å². The summed E-state index contributed by atoms with van der Waals surface area (Å²) in [7, 11) is 0. The Bertz CT molecular complexity index is 803. The van der Waals surface area contributed by atoms with E-state index in [9.17, 15) is 22.8 Å². The summed E-state index contributed by atoms with van der Waals surface area (Å²) in [6, 6.07) is 9.74. The van der Waals surface area contributed by atoms with E-state index < -0.39 is 17.6 Å². The van der Waals surface area contributed by atoms with Crippen molar-refractivity contribution < 1.29 is 22.8 Å². The molecule has 7 heteroatoms. The molecule has 0 saturated carbocycles. The molecule has 0 bridgehead atoms. The van der Waals surface area contributed by atoms with E-state index in [1.165, 1.54) is 17.0 Å². The lowest BCUT2D eigenvalue weighted by molar-refractivity contribution is -0.137. The van der Waals surface area contributed by atoms with Gasteiger partial charge in [0.15, 0.2) is 0 Å². The predicted octanol–water partition coefficient (Wildman–Crippen LogP) is 3.48. The van der Waals surface area contributed by atoms with Gasteiger partial charge in [0, 0.05) is 12.2 Å². The van der Waals surface area contributed by atoms with Crippen molar-refractivity contribution >= 4 is 23.7 Å². The van der Waals surface area contributed by atoms with E-state index in [4.69, 9.17) is 0 Å². The summed E-state index contributed by atoms with van der Waals surface area (Å²) in [5.41, 5.74) is 0.798. The fourth-order valence-electron chi connectivity index (χ4n) is 2.81. The second-order valence-corrected chi connectivity index (χ2v) is 5.36. The third-order valence-electron chi connectivity index (χ3n) is 3.91. The van der Waals surface area contributed by atoms with Crippen LogP contribution in [0.25, 0.3) is 0 Å². The molecule has 124 valence electrons. The number of fused-ring (bicyclic) bond motifs is 1. The van der Waals surface area contributed by atoms with Gasteiger partial charge in [0.25, 0.3) is 5.91 Å². The standard InChI is InChI=1S/C17H13F3N2O2/c18-17(19,20)12-4-2-5-13(9-12)22-8-7-11-3-1-6-14(21-10-23)15(11)16(22)24/h1-6,9-10H,7-8H2,(H,21,23). The number of carbonyl (C=O) groups excluding carboxylic acids is 2. The Labute approximate surface area is 135 Å². The SMILES string of the molecule is O=CNc1cccc2c1C(=O)N(c1cccc(C(F)(F)F)c1)CC2. The molecule has 0 spiro atoms. The van der Waals surface area contributed by atoms with E-state index in [2.05, 4.69) is 5.32 Å². The summed E-state index contributed by atoms with van der Waals surface area (Å²) in [5.74, 6) is -0.430. The van der Waals surface area contributed by atoms with Gasteiger partial charge < -0.3 is 10.2 Å². The van der Waals surface area contributed by atoms with Gasteiger partial charge in [-0.15, -0.1) is 0 Å². The lowest BCUT2D eigenvalue weighted by Crippen LogP contribution is -2.38. The minimum absolute atomic E-state index is 0.182. The van der Waals surface area contributed by atoms with Gasteiger partial charge in [-0.2, -0.15) is 13.2 Å². The molecule has 2 amide bonds. The van der Waals surface area contributed by atoms with Crippen LogP contribution in [0.3, 0.4) is 0 Å². The third kappa shape index (κ3) is 2.84. The number of nitrogens with one attached hydrogen (secondary N) is 1. The highest BCUT2D eigenvalue weighted by atomic mass is 19.4. The van der Waals surface area contributed by atoms with Crippen LogP contribution in [0.5, 0.6) is 0 Å². The lowest BCUT2D eigenvalue weighted by Gasteiger charge is -2.30. The van der Waals surface area contributed by atoms with Gasteiger partial charge in [0.05, 0.1) is 16.8 Å². The zero-order chi connectivity index (χ0) is 17.3. The monoisotopic (exact) mass is 334 g/mol. The van der Waals surface area contributed by atoms with Crippen LogP contribution in [0, 0.1) is 0 Å². The smallest absolute Gasteiger partial charge is 0.328 e. The molecule has 1 heterocycles. The molecule has 24 heavy (non-hydrogen) atoms. The molecule has 2 aromatic rings. The zero-order valence-electron chi connectivity index (χ0n) is 12.4. The van der Waals surface area contributed by atoms with Gasteiger partial charge >= 0.3 is 6.18 Å². The number of benzene rings is 2. The molecule has 4 nitrogen and oxygen atoms in total. The summed E-state index contributed by atoms with van der Waals surface area (Å²) < 4.78 is 38.7. The zero-order valence-corrected chi connectivity index (χ0v) is 12.4. The summed E-state index contributed by atoms with van der Waals surface area (Å²) in [6.07, 6.45) is -3.52. The molecule has 0 aliphatic carbocycles. The average Bonchev–Trinajstić information content (AvgIpc) is 2.55. The van der Waals surface area contributed by atoms with Gasteiger partial charge in [-0.1, -0.05) is 18.2 Å². The Morgan fingerprint density at radius 1 is 1.12 bits per heavy atom. The Morgan fingerprint density at radius 2 is 1.88 bits per heavy atom. The largest absolute Gasteiger partial charge is 0.416 e. The van der Waals surface area contributed by atoms with E-state index in [1.807, 2.05) is 0 Å². The van der Waals surface area contributed by atoms with E-state index in [0.29, 0.717) is 24.1 Å². The number of anilines is 2. The van der Waals surface area contributed by atoms with Crippen molar-refractivity contribution in [3.8, 4) is 0 Å². The van der Waals surface area contributed by atoms with E-state index in [0.717, 1.165) is 17.7 Å². The minimum atomic E-state index is -4.48. The predicted molar refractivity (Wildman–Crippen MR) is 83.0 cm³/mol. The number of carbonyl (C=O) groups is 2. The molecule has 1 aliphatic heterocycles. The second-order valence-electron chi connectivity index (χ2n) is 5.36. The number of rotatable bonds is 3. The number of hydrogen-bond donors (Lipinski definition) is 1. The maximum Gasteiger partial charge on any atom is 0.416 e. The topological polar surface area (TPSA) is 49.4 Å². The average molecular weight is 334 g/mol. The highest BCUT2D eigenvalue weighted by molar-refractivity contribution is 6.12. The van der Waals surface area contributed by atoms with Gasteiger partial charge in [-0.05, 0) is 36.2 Å². The summed E-state index contributed by atoms with van der Waals surface area (Å²) in [5, 5.41) is 2.47. The molecule has 0 radical (unpaired) electrons. The normalized spacial score (nSPS) is 14.3. The maximum absolute atomic E-state index is 12.9. The number of alkyl halides is 3. The minimum Gasteiger partial charge on any atom is -0.328 e. The van der Waals surface area contributed by atoms with Crippen molar-refractivity contribution in [1.29, 1.82) is 0 Å². The van der Waals surface area contributed by atoms with Crippen molar-refractivity contribution in [1.82, 2.24) is 0 Å². The third-order valence-corrected chi connectivity index (χ3v) is 3.91. The molecular formula is C17H13F3N2O2. The highest BCUT2D eigenvalue weighted by Crippen LogP contribution is 2.34. The van der Waals surface area contributed by atoms with E-state index in [-0.39, 0.29) is 12.2 Å². The fourth-order valence-corrected chi connectivity index (χ4v) is 2.81. The van der Waals surface area contributed by atoms with Crippen LogP contribution in [0.15, 0.2) is 42.5 Å². The molecule has 1 N–H and O–H groups in total. The first-order valence-electron chi connectivity index (χ1n) is 7.23. The summed E-state index contributed by atoms with van der Waals surface area (Å²) in [6.45, 7) is 0.275. The molecule has 0 fully saturated rings. The summed E-state index contributed by atoms with van der Waals surface area (Å²) in [4.78, 5) is 24.8. The Balaban J connectivity index is 2.01.